The number of rotatable bonds is 7. The van der Waals surface area contributed by atoms with Crippen molar-refractivity contribution in [2.45, 2.75) is 87.0 Å². The second kappa shape index (κ2) is 12.4. The standard InChI is InChI=1S/C32H46ClFN6O3/c1-36-9-4-5-22(36)19-38-13-15-39(16-14-38)29-25(34)18-23-28-31(29)43-27-17-21(33)6-7-26(27)40(28)20-24(30(23)41)32(42)35-8-12-37-10-2-3-11-37/h4-5,9,20-21,23,25-29,31H,2-3,6-8,10-19H2,1H3,(H,35,42). The van der Waals surface area contributed by atoms with Gasteiger partial charge in [-0.05, 0) is 63.7 Å². The second-order valence-corrected chi connectivity index (χ2v) is 14.2. The molecule has 9 nitrogen and oxygen atoms in total. The van der Waals surface area contributed by atoms with Crippen LogP contribution in [0.15, 0.2) is 30.1 Å². The Morgan fingerprint density at radius 3 is 2.60 bits per heavy atom. The maximum absolute atomic E-state index is 16.4. The number of halogens is 2. The molecular formula is C32H46ClFN6O3. The van der Waals surface area contributed by atoms with E-state index in [4.69, 9.17) is 16.3 Å². The van der Waals surface area contributed by atoms with E-state index < -0.39 is 24.2 Å². The fourth-order valence-electron chi connectivity index (χ4n) is 8.67. The minimum atomic E-state index is -1.21. The molecule has 0 radical (unpaired) electrons. The molecule has 6 aliphatic rings. The van der Waals surface area contributed by atoms with Crippen LogP contribution in [-0.4, -0.2) is 130 Å². The normalized spacial score (nSPS) is 37.1. The number of hydrogen-bond acceptors (Lipinski definition) is 7. The van der Waals surface area contributed by atoms with E-state index in [-0.39, 0.29) is 47.2 Å². The lowest BCUT2D eigenvalue weighted by Crippen LogP contribution is -2.74. The van der Waals surface area contributed by atoms with Gasteiger partial charge in [0.1, 0.15) is 6.17 Å². The second-order valence-electron chi connectivity index (χ2n) is 13.5. The third-order valence-corrected chi connectivity index (χ3v) is 11.4. The molecule has 5 heterocycles. The molecule has 0 spiro atoms. The van der Waals surface area contributed by atoms with Gasteiger partial charge in [0, 0.05) is 82.2 Å². The van der Waals surface area contributed by atoms with Crippen LogP contribution < -0.4 is 5.32 Å². The number of amides is 1. The molecule has 8 atom stereocenters. The summed E-state index contributed by atoms with van der Waals surface area (Å²) in [5, 5.41) is 3.01. The summed E-state index contributed by atoms with van der Waals surface area (Å²) < 4.78 is 25.3. The van der Waals surface area contributed by atoms with Gasteiger partial charge in [0.2, 0.25) is 0 Å². The lowest BCUT2D eigenvalue weighted by atomic mass is 9.69. The number of piperazine rings is 1. The van der Waals surface area contributed by atoms with Crippen LogP contribution in [0.1, 0.15) is 44.2 Å². The minimum absolute atomic E-state index is 0.0154. The summed E-state index contributed by atoms with van der Waals surface area (Å²) >= 11 is 6.63. The number of carbonyl (C=O) groups is 2. The highest BCUT2D eigenvalue weighted by atomic mass is 35.5. The molecule has 5 fully saturated rings. The zero-order chi connectivity index (χ0) is 29.7. The quantitative estimate of drug-likeness (QED) is 0.372. The molecule has 0 aromatic carbocycles. The predicted molar refractivity (Wildman–Crippen MR) is 162 cm³/mol. The fraction of sp³-hybridized carbons (Fsp3) is 0.750. The lowest BCUT2D eigenvalue weighted by molar-refractivity contribution is -0.212. The predicted octanol–water partition coefficient (Wildman–Crippen LogP) is 2.15. The number of hydrogen-bond donors (Lipinski definition) is 1. The van der Waals surface area contributed by atoms with Crippen LogP contribution in [0.2, 0.25) is 0 Å². The molecule has 236 valence electrons. The molecule has 3 saturated heterocycles. The number of ketones is 1. The lowest BCUT2D eigenvalue weighted by Gasteiger charge is -2.61. The van der Waals surface area contributed by atoms with E-state index in [1.807, 2.05) is 6.20 Å². The van der Waals surface area contributed by atoms with Crippen LogP contribution in [0.3, 0.4) is 0 Å². The summed E-state index contributed by atoms with van der Waals surface area (Å²) in [5.41, 5.74) is 1.45. The van der Waals surface area contributed by atoms with Crippen molar-refractivity contribution in [3.63, 3.8) is 0 Å². The van der Waals surface area contributed by atoms with E-state index in [9.17, 15) is 9.59 Å². The van der Waals surface area contributed by atoms with E-state index in [0.717, 1.165) is 65.2 Å². The Hall–Kier alpha value is -1.98. The average molecular weight is 617 g/mol. The van der Waals surface area contributed by atoms with Gasteiger partial charge in [-0.2, -0.15) is 0 Å². The first-order valence-electron chi connectivity index (χ1n) is 16.4. The van der Waals surface area contributed by atoms with Gasteiger partial charge in [-0.1, -0.05) is 0 Å². The van der Waals surface area contributed by atoms with E-state index >= 15 is 4.39 Å². The number of Topliss-reactive ketones (excluding diaryl/α,β-unsaturated/α-hetero) is 1. The van der Waals surface area contributed by atoms with E-state index in [0.29, 0.717) is 13.0 Å². The maximum atomic E-state index is 16.4. The molecule has 1 N–H and O–H groups in total. The highest BCUT2D eigenvalue weighted by molar-refractivity contribution is 6.21. The average Bonchev–Trinajstić information content (AvgIpc) is 3.66. The summed E-state index contributed by atoms with van der Waals surface area (Å²) in [7, 11) is 2.07. The Morgan fingerprint density at radius 1 is 1.07 bits per heavy atom. The number of nitrogens with one attached hydrogen (secondary N) is 1. The first kappa shape index (κ1) is 29.7. The summed E-state index contributed by atoms with van der Waals surface area (Å²) in [6.07, 6.45) is 6.99. The van der Waals surface area contributed by atoms with Gasteiger partial charge in [0.15, 0.2) is 5.78 Å². The van der Waals surface area contributed by atoms with E-state index in [1.54, 1.807) is 0 Å². The number of aromatic nitrogens is 1. The summed E-state index contributed by atoms with van der Waals surface area (Å²) in [6.45, 7) is 7.51. The Kier molecular flexibility index (Phi) is 8.59. The van der Waals surface area contributed by atoms with Crippen molar-refractivity contribution in [2.24, 2.45) is 13.0 Å². The third kappa shape index (κ3) is 5.78. The number of nitrogens with zero attached hydrogens (tertiary/aromatic N) is 5. The van der Waals surface area contributed by atoms with Crippen molar-refractivity contribution in [1.29, 1.82) is 0 Å². The highest BCUT2D eigenvalue weighted by Gasteiger charge is 2.60. The molecule has 1 aromatic rings. The van der Waals surface area contributed by atoms with Crippen LogP contribution in [0.4, 0.5) is 4.39 Å². The summed E-state index contributed by atoms with van der Waals surface area (Å²) in [5.74, 6) is -1.15. The van der Waals surface area contributed by atoms with Crippen LogP contribution >= 0.6 is 11.6 Å². The Bertz CT molecular complexity index is 1210. The SMILES string of the molecule is Cn1cccc1CN1CCN(C2C(F)CC3C(=O)C(C(=O)NCCN4CCCC4)=CN4C5CCC(Cl)CC5OC2C34)CC1. The summed E-state index contributed by atoms with van der Waals surface area (Å²) in [6, 6.07) is 3.57. The number of aryl methyl sites for hydroxylation is 1. The molecule has 8 unspecified atom stereocenters. The number of fused-ring (bicyclic) bond motifs is 2. The monoisotopic (exact) mass is 616 g/mol. The van der Waals surface area contributed by atoms with Crippen molar-refractivity contribution >= 4 is 23.3 Å². The first-order chi connectivity index (χ1) is 20.9. The molecule has 4 aliphatic heterocycles. The van der Waals surface area contributed by atoms with Crippen LogP contribution in [-0.2, 0) is 27.9 Å². The zero-order valence-electron chi connectivity index (χ0n) is 25.3. The number of morpholine rings is 1. The molecule has 43 heavy (non-hydrogen) atoms. The van der Waals surface area contributed by atoms with Gasteiger partial charge in [0.25, 0.3) is 5.91 Å². The van der Waals surface area contributed by atoms with E-state index in [2.05, 4.69) is 54.9 Å². The van der Waals surface area contributed by atoms with Crippen LogP contribution in [0.5, 0.6) is 0 Å². The molecule has 1 amide bonds. The largest absolute Gasteiger partial charge is 0.369 e. The highest BCUT2D eigenvalue weighted by Crippen LogP contribution is 2.47. The smallest absolute Gasteiger partial charge is 0.256 e. The van der Waals surface area contributed by atoms with Gasteiger partial charge in [-0.25, -0.2) is 4.39 Å². The van der Waals surface area contributed by atoms with Crippen LogP contribution in [0, 0.1) is 5.92 Å². The Balaban J connectivity index is 1.10. The molecule has 11 heteroatoms. The molecular weight excluding hydrogens is 571 g/mol. The summed E-state index contributed by atoms with van der Waals surface area (Å²) in [4.78, 5) is 36.5. The van der Waals surface area contributed by atoms with Crippen molar-refractivity contribution in [1.82, 2.24) is 29.5 Å². The third-order valence-electron chi connectivity index (χ3n) is 11.0. The molecule has 2 saturated carbocycles. The Morgan fingerprint density at radius 2 is 1.86 bits per heavy atom. The van der Waals surface area contributed by atoms with Gasteiger partial charge in [-0.3, -0.25) is 19.4 Å². The Labute approximate surface area is 259 Å². The molecule has 1 aromatic heterocycles. The topological polar surface area (TPSA) is 73.3 Å². The van der Waals surface area contributed by atoms with Gasteiger partial charge < -0.3 is 24.4 Å². The number of alkyl halides is 2. The van der Waals surface area contributed by atoms with Crippen LogP contribution in [0.25, 0.3) is 0 Å². The van der Waals surface area contributed by atoms with Crippen molar-refractivity contribution in [3.05, 3.63) is 35.8 Å². The molecule has 0 bridgehead atoms. The fourth-order valence-corrected chi connectivity index (χ4v) is 8.97. The number of ether oxygens (including phenoxy) is 1. The first-order valence-corrected chi connectivity index (χ1v) is 16.9. The molecule has 7 rings (SSSR count). The molecule has 2 aliphatic carbocycles. The van der Waals surface area contributed by atoms with Gasteiger partial charge in [-0.15, -0.1) is 11.6 Å². The zero-order valence-corrected chi connectivity index (χ0v) is 26.0. The number of likely N-dealkylation sites (tertiary alicyclic amines) is 1. The van der Waals surface area contributed by atoms with Gasteiger partial charge in [0.05, 0.1) is 35.9 Å². The van der Waals surface area contributed by atoms with E-state index in [1.165, 1.54) is 18.5 Å². The van der Waals surface area contributed by atoms with Gasteiger partial charge >= 0.3 is 0 Å². The van der Waals surface area contributed by atoms with Crippen molar-refractivity contribution in [3.8, 4) is 0 Å². The minimum Gasteiger partial charge on any atom is -0.369 e. The van der Waals surface area contributed by atoms with Crippen molar-refractivity contribution in [2.75, 3.05) is 52.4 Å². The maximum Gasteiger partial charge on any atom is 0.256 e. The number of carbonyl (C=O) groups excluding carboxylic acids is 2. The van der Waals surface area contributed by atoms with Crippen molar-refractivity contribution < 1.29 is 18.7 Å².